The molecular weight excluding hydrogens is 382 g/mol. The molecule has 3 aliphatic rings. The molecule has 1 atom stereocenters. The fourth-order valence-corrected chi connectivity index (χ4v) is 4.77. The topological polar surface area (TPSA) is 87.7 Å². The summed E-state index contributed by atoms with van der Waals surface area (Å²) in [5.41, 5.74) is 2.08. The number of rotatable bonds is 4. The molecule has 8 heteroatoms. The smallest absolute Gasteiger partial charge is 0.225 e. The van der Waals surface area contributed by atoms with Gasteiger partial charge in [0.2, 0.25) is 11.8 Å². The number of likely N-dealkylation sites (tertiary alicyclic amines) is 1. The number of ether oxygens (including phenoxy) is 1. The van der Waals surface area contributed by atoms with Crippen LogP contribution in [0.25, 0.3) is 0 Å². The molecule has 2 fully saturated rings. The molecule has 2 amide bonds. The average Bonchev–Trinajstić information content (AvgIpc) is 2.78. The normalized spacial score (nSPS) is 22.5. The van der Waals surface area contributed by atoms with Crippen LogP contribution in [0.1, 0.15) is 68.4 Å². The summed E-state index contributed by atoms with van der Waals surface area (Å²) < 4.78 is 5.73. The second-order valence-corrected chi connectivity index (χ2v) is 8.64. The first kappa shape index (κ1) is 21.0. The Balaban J connectivity index is 1.39. The van der Waals surface area contributed by atoms with Crippen molar-refractivity contribution in [2.24, 2.45) is 0 Å². The molecule has 30 heavy (non-hydrogen) atoms. The van der Waals surface area contributed by atoms with Gasteiger partial charge in [-0.05, 0) is 32.1 Å². The number of piperidine rings is 1. The van der Waals surface area contributed by atoms with Crippen molar-refractivity contribution < 1.29 is 14.3 Å². The molecule has 8 nitrogen and oxygen atoms in total. The SMILES string of the molecule is CNc1nc(C2CCN(C(=O)C[C@@H]3CCCCO3)CC2)nc2c1CN(C(C)=O)CC2. The third-order valence-corrected chi connectivity index (χ3v) is 6.65. The Labute approximate surface area is 178 Å². The minimum absolute atomic E-state index is 0.0856. The third kappa shape index (κ3) is 4.58. The van der Waals surface area contributed by atoms with Crippen LogP contribution in [0.5, 0.6) is 0 Å². The maximum atomic E-state index is 12.7. The summed E-state index contributed by atoms with van der Waals surface area (Å²) in [6.07, 6.45) is 6.41. The molecule has 0 saturated carbocycles. The summed E-state index contributed by atoms with van der Waals surface area (Å²) in [6, 6.07) is 0. The van der Waals surface area contributed by atoms with E-state index in [-0.39, 0.29) is 23.8 Å². The summed E-state index contributed by atoms with van der Waals surface area (Å²) >= 11 is 0. The van der Waals surface area contributed by atoms with Gasteiger partial charge in [0.15, 0.2) is 0 Å². The van der Waals surface area contributed by atoms with Crippen LogP contribution < -0.4 is 5.32 Å². The molecule has 1 N–H and O–H groups in total. The Morgan fingerprint density at radius 3 is 2.57 bits per heavy atom. The highest BCUT2D eigenvalue weighted by Gasteiger charge is 2.30. The van der Waals surface area contributed by atoms with E-state index in [2.05, 4.69) is 5.32 Å². The minimum Gasteiger partial charge on any atom is -0.378 e. The average molecular weight is 416 g/mol. The summed E-state index contributed by atoms with van der Waals surface area (Å²) in [4.78, 5) is 37.9. The lowest BCUT2D eigenvalue weighted by molar-refractivity contribution is -0.136. The molecule has 164 valence electrons. The summed E-state index contributed by atoms with van der Waals surface area (Å²) in [5.74, 6) is 2.27. The molecule has 0 spiro atoms. The van der Waals surface area contributed by atoms with Gasteiger partial charge in [-0.15, -0.1) is 0 Å². The van der Waals surface area contributed by atoms with Gasteiger partial charge in [-0.1, -0.05) is 0 Å². The number of hydrogen-bond donors (Lipinski definition) is 1. The fraction of sp³-hybridized carbons (Fsp3) is 0.727. The zero-order chi connectivity index (χ0) is 21.1. The lowest BCUT2D eigenvalue weighted by Gasteiger charge is -2.34. The molecule has 0 bridgehead atoms. The van der Waals surface area contributed by atoms with Gasteiger partial charge < -0.3 is 19.9 Å². The van der Waals surface area contributed by atoms with Gasteiger partial charge in [0.25, 0.3) is 0 Å². The van der Waals surface area contributed by atoms with E-state index in [4.69, 9.17) is 14.7 Å². The minimum atomic E-state index is 0.0856. The van der Waals surface area contributed by atoms with Crippen LogP contribution in [-0.2, 0) is 27.3 Å². The highest BCUT2D eigenvalue weighted by Crippen LogP contribution is 2.31. The van der Waals surface area contributed by atoms with E-state index in [9.17, 15) is 9.59 Å². The first-order valence-electron chi connectivity index (χ1n) is 11.3. The van der Waals surface area contributed by atoms with Crippen LogP contribution in [0.3, 0.4) is 0 Å². The predicted molar refractivity (Wildman–Crippen MR) is 113 cm³/mol. The first-order valence-corrected chi connectivity index (χ1v) is 11.3. The number of carbonyl (C=O) groups excluding carboxylic acids is 2. The molecular formula is C22H33N5O3. The van der Waals surface area contributed by atoms with Crippen LogP contribution in [0.2, 0.25) is 0 Å². The van der Waals surface area contributed by atoms with E-state index in [1.165, 1.54) is 0 Å². The van der Waals surface area contributed by atoms with E-state index < -0.39 is 0 Å². The van der Waals surface area contributed by atoms with Gasteiger partial charge in [0, 0.05) is 58.1 Å². The highest BCUT2D eigenvalue weighted by molar-refractivity contribution is 5.77. The summed E-state index contributed by atoms with van der Waals surface area (Å²) in [5, 5.41) is 3.20. The molecule has 2 saturated heterocycles. The number of fused-ring (bicyclic) bond motifs is 1. The van der Waals surface area contributed by atoms with Gasteiger partial charge in [-0.25, -0.2) is 9.97 Å². The number of aromatic nitrogens is 2. The second-order valence-electron chi connectivity index (χ2n) is 8.64. The lowest BCUT2D eigenvalue weighted by Crippen LogP contribution is -2.40. The molecule has 0 unspecified atom stereocenters. The number of amides is 2. The van der Waals surface area contributed by atoms with Crippen molar-refractivity contribution in [1.82, 2.24) is 19.8 Å². The Morgan fingerprint density at radius 2 is 1.90 bits per heavy atom. The molecule has 0 aliphatic carbocycles. The number of nitrogens with zero attached hydrogens (tertiary/aromatic N) is 4. The van der Waals surface area contributed by atoms with Crippen LogP contribution in [0, 0.1) is 0 Å². The number of anilines is 1. The van der Waals surface area contributed by atoms with Crippen molar-refractivity contribution in [3.8, 4) is 0 Å². The van der Waals surface area contributed by atoms with Gasteiger partial charge in [0.1, 0.15) is 11.6 Å². The second kappa shape index (κ2) is 9.29. The van der Waals surface area contributed by atoms with E-state index in [1.54, 1.807) is 6.92 Å². The van der Waals surface area contributed by atoms with Crippen molar-refractivity contribution in [3.63, 3.8) is 0 Å². The van der Waals surface area contributed by atoms with Gasteiger partial charge in [-0.3, -0.25) is 9.59 Å². The standard InChI is InChI=1S/C22H33N5O3/c1-15(28)27-11-8-19-18(14-27)22(23-2)25-21(24-19)16-6-9-26(10-7-16)20(29)13-17-5-3-4-12-30-17/h16-17H,3-14H2,1-2H3,(H,23,24,25)/t17-/m0/s1. The number of nitrogens with one attached hydrogen (secondary N) is 1. The van der Waals surface area contributed by atoms with E-state index in [0.717, 1.165) is 81.1 Å². The van der Waals surface area contributed by atoms with Crippen LogP contribution in [-0.4, -0.2) is 71.0 Å². The van der Waals surface area contributed by atoms with Gasteiger partial charge in [0.05, 0.1) is 24.8 Å². The Bertz CT molecular complexity index is 768. The number of carbonyl (C=O) groups is 2. The number of hydrogen-bond acceptors (Lipinski definition) is 6. The van der Waals surface area contributed by atoms with Crippen molar-refractivity contribution in [2.75, 3.05) is 38.6 Å². The molecule has 0 radical (unpaired) electrons. The molecule has 1 aromatic heterocycles. The molecule has 4 heterocycles. The van der Waals surface area contributed by atoms with Crippen molar-refractivity contribution in [1.29, 1.82) is 0 Å². The maximum absolute atomic E-state index is 12.7. The monoisotopic (exact) mass is 415 g/mol. The summed E-state index contributed by atoms with van der Waals surface area (Å²) in [7, 11) is 1.87. The predicted octanol–water partition coefficient (Wildman–Crippen LogP) is 2.09. The molecule has 3 aliphatic heterocycles. The largest absolute Gasteiger partial charge is 0.378 e. The quantitative estimate of drug-likeness (QED) is 0.810. The molecule has 1 aromatic rings. The first-order chi connectivity index (χ1) is 14.5. The highest BCUT2D eigenvalue weighted by atomic mass is 16.5. The molecule has 4 rings (SSSR count). The van der Waals surface area contributed by atoms with E-state index in [0.29, 0.717) is 19.5 Å². The lowest BCUT2D eigenvalue weighted by atomic mass is 9.94. The maximum Gasteiger partial charge on any atom is 0.225 e. The van der Waals surface area contributed by atoms with Crippen molar-refractivity contribution >= 4 is 17.6 Å². The Morgan fingerprint density at radius 1 is 1.10 bits per heavy atom. The Kier molecular flexibility index (Phi) is 6.51. The van der Waals surface area contributed by atoms with Gasteiger partial charge >= 0.3 is 0 Å². The zero-order valence-electron chi connectivity index (χ0n) is 18.2. The van der Waals surface area contributed by atoms with Crippen molar-refractivity contribution in [3.05, 3.63) is 17.1 Å². The van der Waals surface area contributed by atoms with E-state index in [1.807, 2.05) is 16.8 Å². The Hall–Kier alpha value is -2.22. The molecule has 0 aromatic carbocycles. The van der Waals surface area contributed by atoms with Gasteiger partial charge in [-0.2, -0.15) is 0 Å². The van der Waals surface area contributed by atoms with E-state index >= 15 is 0 Å². The summed E-state index contributed by atoms with van der Waals surface area (Å²) in [6.45, 7) is 5.17. The van der Waals surface area contributed by atoms with Crippen LogP contribution in [0.4, 0.5) is 5.82 Å². The third-order valence-electron chi connectivity index (χ3n) is 6.65. The van der Waals surface area contributed by atoms with Crippen molar-refractivity contribution in [2.45, 2.75) is 70.4 Å². The zero-order valence-corrected chi connectivity index (χ0v) is 18.2. The fourth-order valence-electron chi connectivity index (χ4n) is 4.77. The van der Waals surface area contributed by atoms with Crippen LogP contribution >= 0.6 is 0 Å². The van der Waals surface area contributed by atoms with Crippen LogP contribution in [0.15, 0.2) is 0 Å².